The average molecular weight is 295 g/mol. The summed E-state index contributed by atoms with van der Waals surface area (Å²) in [7, 11) is 3.37. The molecule has 0 saturated carbocycles. The van der Waals surface area contributed by atoms with Crippen LogP contribution in [0.5, 0.6) is 11.5 Å². The molecule has 21 heavy (non-hydrogen) atoms. The number of hydrogen-bond acceptors (Lipinski definition) is 4. The van der Waals surface area contributed by atoms with Crippen LogP contribution in [0.4, 0.5) is 0 Å². The SMILES string of the molecule is COc1ccc(OC)c(C(CCCCCO)CC(C)N)c1. The molecule has 0 amide bonds. The summed E-state index contributed by atoms with van der Waals surface area (Å²) in [4.78, 5) is 0. The van der Waals surface area contributed by atoms with E-state index in [9.17, 15) is 0 Å². The lowest BCUT2D eigenvalue weighted by Crippen LogP contribution is -2.19. The number of aliphatic hydroxyl groups excluding tert-OH is 1. The van der Waals surface area contributed by atoms with Crippen LogP contribution in [0.25, 0.3) is 0 Å². The fourth-order valence-electron chi connectivity index (χ4n) is 2.69. The summed E-state index contributed by atoms with van der Waals surface area (Å²) in [5, 5.41) is 8.89. The largest absolute Gasteiger partial charge is 0.497 e. The Morgan fingerprint density at radius 1 is 1.14 bits per heavy atom. The van der Waals surface area contributed by atoms with Gasteiger partial charge in [0.1, 0.15) is 11.5 Å². The number of benzene rings is 1. The van der Waals surface area contributed by atoms with Crippen molar-refractivity contribution in [3.05, 3.63) is 23.8 Å². The van der Waals surface area contributed by atoms with Crippen LogP contribution in [0.1, 0.15) is 50.5 Å². The van der Waals surface area contributed by atoms with Gasteiger partial charge in [-0.25, -0.2) is 0 Å². The van der Waals surface area contributed by atoms with E-state index in [0.29, 0.717) is 5.92 Å². The molecule has 1 aromatic rings. The molecular weight excluding hydrogens is 266 g/mol. The van der Waals surface area contributed by atoms with Crippen LogP contribution in [0.3, 0.4) is 0 Å². The zero-order chi connectivity index (χ0) is 15.7. The van der Waals surface area contributed by atoms with E-state index in [1.54, 1.807) is 14.2 Å². The summed E-state index contributed by atoms with van der Waals surface area (Å²) < 4.78 is 10.8. The molecule has 0 fully saturated rings. The summed E-state index contributed by atoms with van der Waals surface area (Å²) in [5.74, 6) is 2.09. The molecule has 0 aliphatic heterocycles. The number of methoxy groups -OCH3 is 2. The molecule has 1 aromatic carbocycles. The highest BCUT2D eigenvalue weighted by molar-refractivity contribution is 5.42. The van der Waals surface area contributed by atoms with Gasteiger partial charge in [0.25, 0.3) is 0 Å². The Hall–Kier alpha value is -1.26. The summed E-state index contributed by atoms with van der Waals surface area (Å²) >= 11 is 0. The lowest BCUT2D eigenvalue weighted by molar-refractivity contribution is 0.281. The maximum Gasteiger partial charge on any atom is 0.122 e. The van der Waals surface area contributed by atoms with Gasteiger partial charge in [0.05, 0.1) is 14.2 Å². The first-order valence-electron chi connectivity index (χ1n) is 7.70. The Balaban J connectivity index is 2.89. The number of unbranched alkanes of at least 4 members (excludes halogenated alkanes) is 2. The highest BCUT2D eigenvalue weighted by atomic mass is 16.5. The molecule has 0 aliphatic rings. The molecule has 0 spiro atoms. The Bertz CT molecular complexity index is 407. The zero-order valence-electron chi connectivity index (χ0n) is 13.5. The second kappa shape index (κ2) is 9.64. The first-order chi connectivity index (χ1) is 10.1. The molecule has 2 atom stereocenters. The maximum absolute atomic E-state index is 8.89. The molecule has 120 valence electrons. The van der Waals surface area contributed by atoms with Gasteiger partial charge < -0.3 is 20.3 Å². The fourth-order valence-corrected chi connectivity index (χ4v) is 2.69. The van der Waals surface area contributed by atoms with E-state index >= 15 is 0 Å². The maximum atomic E-state index is 8.89. The van der Waals surface area contributed by atoms with Gasteiger partial charge in [-0.05, 0) is 50.3 Å². The van der Waals surface area contributed by atoms with E-state index in [-0.39, 0.29) is 12.6 Å². The Kier molecular flexibility index (Phi) is 8.16. The van der Waals surface area contributed by atoms with E-state index < -0.39 is 0 Å². The fraction of sp³-hybridized carbons (Fsp3) is 0.647. The summed E-state index contributed by atoms with van der Waals surface area (Å²) in [6.45, 7) is 2.30. The number of rotatable bonds is 10. The zero-order valence-corrected chi connectivity index (χ0v) is 13.5. The second-order valence-electron chi connectivity index (χ2n) is 5.59. The predicted octanol–water partition coefficient (Wildman–Crippen LogP) is 3.08. The topological polar surface area (TPSA) is 64.7 Å². The van der Waals surface area contributed by atoms with Crippen molar-refractivity contribution in [2.24, 2.45) is 5.73 Å². The number of nitrogens with two attached hydrogens (primary N) is 1. The van der Waals surface area contributed by atoms with Gasteiger partial charge in [0.2, 0.25) is 0 Å². The summed E-state index contributed by atoms with van der Waals surface area (Å²) in [6, 6.07) is 6.06. The normalized spacial score (nSPS) is 13.8. The third-order valence-corrected chi connectivity index (χ3v) is 3.74. The summed E-state index contributed by atoms with van der Waals surface area (Å²) in [6.07, 6.45) is 4.95. The van der Waals surface area contributed by atoms with Crippen molar-refractivity contribution in [3.63, 3.8) is 0 Å². The Labute approximate surface area is 128 Å². The number of hydrogen-bond donors (Lipinski definition) is 2. The van der Waals surface area contributed by atoms with Gasteiger partial charge in [-0.1, -0.05) is 12.8 Å². The molecular formula is C17H29NO3. The van der Waals surface area contributed by atoms with E-state index in [1.165, 1.54) is 0 Å². The van der Waals surface area contributed by atoms with Crippen molar-refractivity contribution >= 4 is 0 Å². The molecule has 4 heteroatoms. The third kappa shape index (κ3) is 5.94. The highest BCUT2D eigenvalue weighted by Crippen LogP contribution is 2.36. The minimum absolute atomic E-state index is 0.142. The van der Waals surface area contributed by atoms with Crippen LogP contribution in [0.15, 0.2) is 18.2 Å². The molecule has 0 heterocycles. The standard InChI is InChI=1S/C17H29NO3/c1-13(18)11-14(7-5-4-6-10-19)16-12-15(20-2)8-9-17(16)21-3/h8-9,12-14,19H,4-7,10-11,18H2,1-3H3. The third-order valence-electron chi connectivity index (χ3n) is 3.74. The van der Waals surface area contributed by atoms with E-state index in [1.807, 2.05) is 19.1 Å². The van der Waals surface area contributed by atoms with Crippen LogP contribution in [0, 0.1) is 0 Å². The first kappa shape index (κ1) is 17.8. The molecule has 0 bridgehead atoms. The monoisotopic (exact) mass is 295 g/mol. The Morgan fingerprint density at radius 3 is 2.48 bits per heavy atom. The van der Waals surface area contributed by atoms with Gasteiger partial charge in [-0.15, -0.1) is 0 Å². The van der Waals surface area contributed by atoms with Crippen LogP contribution < -0.4 is 15.2 Å². The van der Waals surface area contributed by atoms with E-state index in [2.05, 4.69) is 6.07 Å². The molecule has 4 nitrogen and oxygen atoms in total. The van der Waals surface area contributed by atoms with E-state index in [4.69, 9.17) is 20.3 Å². The molecule has 0 radical (unpaired) electrons. The van der Waals surface area contributed by atoms with Crippen LogP contribution in [-0.4, -0.2) is 32.0 Å². The van der Waals surface area contributed by atoms with Gasteiger partial charge >= 0.3 is 0 Å². The van der Waals surface area contributed by atoms with Crippen LogP contribution in [-0.2, 0) is 0 Å². The van der Waals surface area contributed by atoms with Crippen molar-refractivity contribution in [2.75, 3.05) is 20.8 Å². The molecule has 0 saturated heterocycles. The number of ether oxygens (including phenoxy) is 2. The van der Waals surface area contributed by atoms with Gasteiger partial charge in [0, 0.05) is 18.2 Å². The van der Waals surface area contributed by atoms with Crippen molar-refractivity contribution in [1.29, 1.82) is 0 Å². The predicted molar refractivity (Wildman–Crippen MR) is 86.1 cm³/mol. The van der Waals surface area contributed by atoms with Gasteiger partial charge in [0.15, 0.2) is 0 Å². The number of aliphatic hydroxyl groups is 1. The van der Waals surface area contributed by atoms with Gasteiger partial charge in [-0.3, -0.25) is 0 Å². The molecule has 3 N–H and O–H groups in total. The first-order valence-corrected chi connectivity index (χ1v) is 7.70. The van der Waals surface area contributed by atoms with Crippen molar-refractivity contribution in [2.45, 2.75) is 51.0 Å². The van der Waals surface area contributed by atoms with Gasteiger partial charge in [-0.2, -0.15) is 0 Å². The summed E-state index contributed by atoms with van der Waals surface area (Å²) in [5.41, 5.74) is 7.18. The molecule has 1 rings (SSSR count). The van der Waals surface area contributed by atoms with Crippen molar-refractivity contribution in [1.82, 2.24) is 0 Å². The van der Waals surface area contributed by atoms with Crippen LogP contribution >= 0.6 is 0 Å². The minimum Gasteiger partial charge on any atom is -0.497 e. The lowest BCUT2D eigenvalue weighted by Gasteiger charge is -2.22. The van der Waals surface area contributed by atoms with Crippen LogP contribution in [0.2, 0.25) is 0 Å². The average Bonchev–Trinajstić information content (AvgIpc) is 2.49. The molecule has 0 aliphatic carbocycles. The molecule has 0 aromatic heterocycles. The molecule has 2 unspecified atom stereocenters. The second-order valence-corrected chi connectivity index (χ2v) is 5.59. The lowest BCUT2D eigenvalue weighted by atomic mass is 9.87. The minimum atomic E-state index is 0.142. The highest BCUT2D eigenvalue weighted by Gasteiger charge is 2.18. The van der Waals surface area contributed by atoms with Crippen molar-refractivity contribution in [3.8, 4) is 11.5 Å². The van der Waals surface area contributed by atoms with Crippen molar-refractivity contribution < 1.29 is 14.6 Å². The van der Waals surface area contributed by atoms with E-state index in [0.717, 1.165) is 49.2 Å². The quantitative estimate of drug-likeness (QED) is 0.651. The Morgan fingerprint density at radius 2 is 1.90 bits per heavy atom. The smallest absolute Gasteiger partial charge is 0.122 e.